The Morgan fingerprint density at radius 3 is 2.16 bits per heavy atom. The number of rotatable bonds is 5. The van der Waals surface area contributed by atoms with Crippen LogP contribution in [0.4, 0.5) is 0 Å². The molecule has 2 nitrogen and oxygen atoms in total. The zero-order valence-electron chi connectivity index (χ0n) is 12.7. The van der Waals surface area contributed by atoms with Crippen molar-refractivity contribution in [2.75, 3.05) is 26.2 Å². The molecule has 0 aromatic heterocycles. The number of nitrogens with one attached hydrogen (secondary N) is 1. The minimum absolute atomic E-state index is 0.661. The van der Waals surface area contributed by atoms with Gasteiger partial charge in [0.1, 0.15) is 0 Å². The molecule has 1 heterocycles. The number of likely N-dealkylation sites (N-methyl/N-ethyl adjacent to an activating group) is 1. The summed E-state index contributed by atoms with van der Waals surface area (Å²) in [5, 5.41) is 3.53. The molecule has 0 amide bonds. The van der Waals surface area contributed by atoms with Crippen molar-refractivity contribution in [2.45, 2.75) is 39.7 Å². The lowest BCUT2D eigenvalue weighted by molar-refractivity contribution is 0.158. The van der Waals surface area contributed by atoms with Crippen molar-refractivity contribution in [1.29, 1.82) is 0 Å². The van der Waals surface area contributed by atoms with E-state index in [9.17, 15) is 0 Å². The zero-order valence-corrected chi connectivity index (χ0v) is 12.7. The van der Waals surface area contributed by atoms with Crippen LogP contribution in [0.3, 0.4) is 0 Å². The number of hydrogen-bond acceptors (Lipinski definition) is 2. The second-order valence-corrected chi connectivity index (χ2v) is 5.92. The highest BCUT2D eigenvalue weighted by molar-refractivity contribution is 5.28. The molecule has 0 spiro atoms. The van der Waals surface area contributed by atoms with Crippen molar-refractivity contribution in [2.24, 2.45) is 5.92 Å². The van der Waals surface area contributed by atoms with Crippen molar-refractivity contribution in [1.82, 2.24) is 10.2 Å². The van der Waals surface area contributed by atoms with E-state index in [1.54, 1.807) is 11.1 Å². The molecule has 0 bridgehead atoms. The van der Waals surface area contributed by atoms with Crippen LogP contribution in [-0.2, 0) is 12.8 Å². The Morgan fingerprint density at radius 2 is 1.68 bits per heavy atom. The van der Waals surface area contributed by atoms with Crippen molar-refractivity contribution in [3.8, 4) is 0 Å². The summed E-state index contributed by atoms with van der Waals surface area (Å²) >= 11 is 0. The lowest BCUT2D eigenvalue weighted by Gasteiger charge is -2.33. The maximum Gasteiger partial charge on any atom is 0.0243 e. The Hall–Kier alpha value is -0.860. The lowest BCUT2D eigenvalue weighted by Crippen LogP contribution is -2.46. The van der Waals surface area contributed by atoms with E-state index in [0.717, 1.165) is 13.1 Å². The fraction of sp³-hybridized carbons (Fsp3) is 0.647. The first-order chi connectivity index (χ1) is 9.22. The molecule has 0 fully saturated rings. The van der Waals surface area contributed by atoms with E-state index in [4.69, 9.17) is 0 Å². The van der Waals surface area contributed by atoms with Gasteiger partial charge in [-0.25, -0.2) is 0 Å². The van der Waals surface area contributed by atoms with Crippen LogP contribution < -0.4 is 5.32 Å². The van der Waals surface area contributed by atoms with Crippen molar-refractivity contribution in [3.05, 3.63) is 35.4 Å². The van der Waals surface area contributed by atoms with E-state index >= 15 is 0 Å². The standard InChI is InChI=1S/C17H28N2/c1-4-18-13-17(14(2)3)19-11-9-15-7-5-6-8-16(15)10-12-19/h5-8,14,17-18H,4,9-13H2,1-3H3. The Kier molecular flexibility index (Phi) is 5.41. The molecule has 1 unspecified atom stereocenters. The topological polar surface area (TPSA) is 15.3 Å². The second kappa shape index (κ2) is 7.06. The average molecular weight is 260 g/mol. The third-order valence-electron chi connectivity index (χ3n) is 4.30. The van der Waals surface area contributed by atoms with Gasteiger partial charge in [0.05, 0.1) is 0 Å². The summed E-state index contributed by atoms with van der Waals surface area (Å²) in [4.78, 5) is 2.69. The first-order valence-corrected chi connectivity index (χ1v) is 7.74. The van der Waals surface area contributed by atoms with Crippen molar-refractivity contribution >= 4 is 0 Å². The van der Waals surface area contributed by atoms with E-state index < -0.39 is 0 Å². The molecule has 0 saturated heterocycles. The quantitative estimate of drug-likeness (QED) is 0.876. The molecular formula is C17H28N2. The SMILES string of the molecule is CCNCC(C(C)C)N1CCc2ccccc2CC1. The normalized spacial score (nSPS) is 18.1. The van der Waals surface area contributed by atoms with E-state index in [1.807, 2.05) is 0 Å². The Labute approximate surface area is 118 Å². The van der Waals surface area contributed by atoms with E-state index in [2.05, 4.69) is 55.3 Å². The molecular weight excluding hydrogens is 232 g/mol. The third kappa shape index (κ3) is 3.80. The molecule has 1 atom stereocenters. The summed E-state index contributed by atoms with van der Waals surface area (Å²) in [5.74, 6) is 0.709. The van der Waals surface area contributed by atoms with Crippen molar-refractivity contribution in [3.63, 3.8) is 0 Å². The van der Waals surface area contributed by atoms with Crippen LogP contribution in [0.25, 0.3) is 0 Å². The van der Waals surface area contributed by atoms with E-state index in [0.29, 0.717) is 12.0 Å². The van der Waals surface area contributed by atoms with Crippen LogP contribution in [0.2, 0.25) is 0 Å². The minimum atomic E-state index is 0.661. The molecule has 1 N–H and O–H groups in total. The lowest BCUT2D eigenvalue weighted by atomic mass is 10.0. The van der Waals surface area contributed by atoms with E-state index in [-0.39, 0.29) is 0 Å². The van der Waals surface area contributed by atoms with Gasteiger partial charge in [0, 0.05) is 25.7 Å². The first kappa shape index (κ1) is 14.5. The molecule has 1 aromatic carbocycles. The van der Waals surface area contributed by atoms with Gasteiger partial charge >= 0.3 is 0 Å². The predicted molar refractivity (Wildman–Crippen MR) is 82.6 cm³/mol. The Balaban J connectivity index is 2.02. The van der Waals surface area contributed by atoms with E-state index in [1.165, 1.54) is 25.9 Å². The predicted octanol–water partition coefficient (Wildman–Crippen LogP) is 2.72. The van der Waals surface area contributed by atoms with Crippen LogP contribution in [0.15, 0.2) is 24.3 Å². The Morgan fingerprint density at radius 1 is 1.11 bits per heavy atom. The monoisotopic (exact) mass is 260 g/mol. The summed E-state index contributed by atoms with van der Waals surface area (Å²) in [6.07, 6.45) is 2.40. The third-order valence-corrected chi connectivity index (χ3v) is 4.30. The highest BCUT2D eigenvalue weighted by Crippen LogP contribution is 2.19. The summed E-state index contributed by atoms with van der Waals surface area (Å²) in [6.45, 7) is 11.5. The summed E-state index contributed by atoms with van der Waals surface area (Å²) < 4.78 is 0. The van der Waals surface area contributed by atoms with Crippen LogP contribution in [0.5, 0.6) is 0 Å². The summed E-state index contributed by atoms with van der Waals surface area (Å²) in [5.41, 5.74) is 3.10. The fourth-order valence-corrected chi connectivity index (χ4v) is 3.10. The van der Waals surface area contributed by atoms with Gasteiger partial charge in [-0.15, -0.1) is 0 Å². The van der Waals surface area contributed by atoms with Gasteiger partial charge < -0.3 is 5.32 Å². The highest BCUT2D eigenvalue weighted by Gasteiger charge is 2.23. The zero-order chi connectivity index (χ0) is 13.7. The maximum absolute atomic E-state index is 3.53. The van der Waals surface area contributed by atoms with Crippen LogP contribution in [0, 0.1) is 5.92 Å². The molecule has 1 aliphatic rings. The van der Waals surface area contributed by atoms with Gasteiger partial charge in [-0.05, 0) is 36.4 Å². The minimum Gasteiger partial charge on any atom is -0.315 e. The van der Waals surface area contributed by atoms with Gasteiger partial charge in [-0.2, -0.15) is 0 Å². The number of nitrogens with zero attached hydrogens (tertiary/aromatic N) is 1. The molecule has 2 rings (SSSR count). The molecule has 1 aromatic rings. The molecule has 2 heteroatoms. The average Bonchev–Trinajstić information content (AvgIpc) is 2.62. The van der Waals surface area contributed by atoms with Crippen LogP contribution in [-0.4, -0.2) is 37.1 Å². The van der Waals surface area contributed by atoms with Crippen LogP contribution >= 0.6 is 0 Å². The molecule has 0 radical (unpaired) electrons. The first-order valence-electron chi connectivity index (χ1n) is 7.74. The largest absolute Gasteiger partial charge is 0.315 e. The summed E-state index contributed by atoms with van der Waals surface area (Å²) in [7, 11) is 0. The highest BCUT2D eigenvalue weighted by atomic mass is 15.2. The molecule has 106 valence electrons. The molecule has 0 aliphatic carbocycles. The summed E-state index contributed by atoms with van der Waals surface area (Å²) in [6, 6.07) is 9.61. The molecule has 0 saturated carbocycles. The van der Waals surface area contributed by atoms with Gasteiger partial charge in [0.15, 0.2) is 0 Å². The maximum atomic E-state index is 3.53. The van der Waals surface area contributed by atoms with Crippen molar-refractivity contribution < 1.29 is 0 Å². The smallest absolute Gasteiger partial charge is 0.0243 e. The second-order valence-electron chi connectivity index (χ2n) is 5.92. The van der Waals surface area contributed by atoms with Gasteiger partial charge in [0.25, 0.3) is 0 Å². The Bertz CT molecular complexity index is 360. The van der Waals surface area contributed by atoms with Crippen LogP contribution in [0.1, 0.15) is 31.9 Å². The number of fused-ring (bicyclic) bond motifs is 1. The fourth-order valence-electron chi connectivity index (χ4n) is 3.10. The molecule has 19 heavy (non-hydrogen) atoms. The number of benzene rings is 1. The number of hydrogen-bond donors (Lipinski definition) is 1. The van der Waals surface area contributed by atoms with Gasteiger partial charge in [-0.1, -0.05) is 45.0 Å². The molecule has 1 aliphatic heterocycles. The van der Waals surface area contributed by atoms with Gasteiger partial charge in [-0.3, -0.25) is 4.90 Å². The van der Waals surface area contributed by atoms with Gasteiger partial charge in [0.2, 0.25) is 0 Å².